The van der Waals surface area contributed by atoms with Gasteiger partial charge in [-0.05, 0) is 13.0 Å². The van der Waals surface area contributed by atoms with Crippen molar-refractivity contribution in [2.24, 2.45) is 0 Å². The van der Waals surface area contributed by atoms with Crippen LogP contribution < -0.4 is 10.7 Å². The van der Waals surface area contributed by atoms with E-state index >= 15 is 0 Å². The number of pyridine rings is 1. The van der Waals surface area contributed by atoms with Crippen LogP contribution in [0.25, 0.3) is 0 Å². The summed E-state index contributed by atoms with van der Waals surface area (Å²) in [6, 6.07) is 6.46. The fraction of sp³-hybridized carbons (Fsp3) is 0.0714. The number of carbonyl (C=O) groups is 2. The molecule has 102 valence electrons. The molecule has 1 aromatic heterocycles. The van der Waals surface area contributed by atoms with Crippen LogP contribution in [0, 0.1) is 6.92 Å². The molecule has 0 bridgehead atoms. The summed E-state index contributed by atoms with van der Waals surface area (Å²) in [6.45, 7) is 1.42. The number of aromatic amines is 1. The van der Waals surface area contributed by atoms with Gasteiger partial charge in [-0.25, -0.2) is 4.79 Å². The number of aryl methyl sites for hydroxylation is 1. The number of carboxylic acids is 1. The second kappa shape index (κ2) is 5.00. The Morgan fingerprint density at radius 1 is 1.15 bits per heavy atom. The number of carbonyl (C=O) groups excluding carboxylic acids is 1. The highest BCUT2D eigenvalue weighted by molar-refractivity contribution is 6.11. The number of H-pyrrole nitrogens is 1. The molecule has 0 aliphatic carbocycles. The summed E-state index contributed by atoms with van der Waals surface area (Å²) in [7, 11) is 0. The van der Waals surface area contributed by atoms with Gasteiger partial charge in [-0.3, -0.25) is 9.59 Å². The fourth-order valence-corrected chi connectivity index (χ4v) is 1.81. The van der Waals surface area contributed by atoms with Crippen LogP contribution in [0.1, 0.15) is 32.0 Å². The summed E-state index contributed by atoms with van der Waals surface area (Å²) in [5, 5.41) is 20.6. The topological polar surface area (TPSA) is 110 Å². The molecule has 2 N–H and O–H groups in total. The Bertz CT molecular complexity index is 760. The largest absolute Gasteiger partial charge is 0.872 e. The van der Waals surface area contributed by atoms with E-state index in [0.717, 1.165) is 6.07 Å². The summed E-state index contributed by atoms with van der Waals surface area (Å²) in [5.41, 5.74) is -1.29. The summed E-state index contributed by atoms with van der Waals surface area (Å²) >= 11 is 0. The molecule has 0 aliphatic rings. The molecule has 6 nitrogen and oxygen atoms in total. The quantitative estimate of drug-likeness (QED) is 0.798. The van der Waals surface area contributed by atoms with E-state index in [9.17, 15) is 19.5 Å². The molecule has 0 atom stereocenters. The van der Waals surface area contributed by atoms with Crippen molar-refractivity contribution in [3.05, 3.63) is 63.1 Å². The molecule has 0 saturated carbocycles. The Morgan fingerprint density at radius 2 is 1.80 bits per heavy atom. The van der Waals surface area contributed by atoms with Crippen molar-refractivity contribution in [2.45, 2.75) is 6.92 Å². The predicted octanol–water partition coefficient (Wildman–Crippen LogP) is 0.686. The number of benzene rings is 1. The second-order valence-electron chi connectivity index (χ2n) is 4.18. The second-order valence-corrected chi connectivity index (χ2v) is 4.18. The van der Waals surface area contributed by atoms with Crippen molar-refractivity contribution < 1.29 is 19.8 Å². The number of aromatic nitrogens is 1. The Kier molecular flexibility index (Phi) is 3.39. The van der Waals surface area contributed by atoms with Gasteiger partial charge in [-0.2, -0.15) is 0 Å². The lowest BCUT2D eigenvalue weighted by atomic mass is 10.0. The van der Waals surface area contributed by atoms with Gasteiger partial charge >= 0.3 is 5.97 Å². The first-order valence-electron chi connectivity index (χ1n) is 5.69. The summed E-state index contributed by atoms with van der Waals surface area (Å²) < 4.78 is 0. The molecule has 0 spiro atoms. The minimum absolute atomic E-state index is 0.148. The van der Waals surface area contributed by atoms with Gasteiger partial charge in [0.05, 0.1) is 11.1 Å². The van der Waals surface area contributed by atoms with Crippen molar-refractivity contribution in [1.82, 2.24) is 4.98 Å². The van der Waals surface area contributed by atoms with Crippen molar-refractivity contribution >= 4 is 11.8 Å². The van der Waals surface area contributed by atoms with Crippen molar-refractivity contribution in [3.8, 4) is 5.75 Å². The van der Waals surface area contributed by atoms with E-state index in [-0.39, 0.29) is 22.4 Å². The minimum Gasteiger partial charge on any atom is -0.872 e. The monoisotopic (exact) mass is 272 g/mol. The molecule has 2 rings (SSSR count). The number of aromatic carboxylic acids is 1. The highest BCUT2D eigenvalue weighted by atomic mass is 16.4. The molecular weight excluding hydrogens is 262 g/mol. The summed E-state index contributed by atoms with van der Waals surface area (Å²) in [6.07, 6.45) is 0. The van der Waals surface area contributed by atoms with Gasteiger partial charge in [-0.15, -0.1) is 0 Å². The van der Waals surface area contributed by atoms with Crippen LogP contribution in [-0.2, 0) is 0 Å². The van der Waals surface area contributed by atoms with E-state index in [1.807, 2.05) is 0 Å². The zero-order valence-corrected chi connectivity index (χ0v) is 10.5. The zero-order chi connectivity index (χ0) is 14.9. The van der Waals surface area contributed by atoms with E-state index < -0.39 is 23.1 Å². The van der Waals surface area contributed by atoms with Crippen LogP contribution in [0.4, 0.5) is 0 Å². The van der Waals surface area contributed by atoms with Crippen LogP contribution in [0.5, 0.6) is 5.75 Å². The van der Waals surface area contributed by atoms with Gasteiger partial charge in [0.2, 0.25) is 0 Å². The maximum absolute atomic E-state index is 12.2. The molecule has 1 aromatic carbocycles. The van der Waals surface area contributed by atoms with E-state index in [4.69, 9.17) is 5.11 Å². The van der Waals surface area contributed by atoms with Crippen LogP contribution in [0.15, 0.2) is 35.1 Å². The minimum atomic E-state index is -1.26. The Balaban J connectivity index is 2.62. The first-order valence-corrected chi connectivity index (χ1v) is 5.69. The molecule has 0 radical (unpaired) electrons. The van der Waals surface area contributed by atoms with Gasteiger partial charge in [0, 0.05) is 11.3 Å². The van der Waals surface area contributed by atoms with E-state index in [1.54, 1.807) is 0 Å². The molecular formula is C14H10NO5-. The van der Waals surface area contributed by atoms with Crippen LogP contribution >= 0.6 is 0 Å². The molecule has 0 fully saturated rings. The Labute approximate surface area is 113 Å². The van der Waals surface area contributed by atoms with Crippen LogP contribution in [0.3, 0.4) is 0 Å². The SMILES string of the molecule is Cc1[nH]c(=O)c(C(=O)c2ccccc2[O-])cc1C(=O)O. The van der Waals surface area contributed by atoms with Gasteiger partial charge in [0.15, 0.2) is 5.78 Å². The zero-order valence-electron chi connectivity index (χ0n) is 10.5. The standard InChI is InChI=1S/C14H11NO5/c1-7-9(14(19)20)6-10(13(18)15-7)12(17)8-4-2-3-5-11(8)16/h2-6,16H,1H3,(H,15,18)(H,19,20)/p-1. The number of hydrogen-bond acceptors (Lipinski definition) is 4. The molecule has 0 aliphatic heterocycles. The average molecular weight is 272 g/mol. The smallest absolute Gasteiger partial charge is 0.337 e. The average Bonchev–Trinajstić information content (AvgIpc) is 2.38. The van der Waals surface area contributed by atoms with E-state index in [1.165, 1.54) is 31.2 Å². The molecule has 1 heterocycles. The van der Waals surface area contributed by atoms with Crippen molar-refractivity contribution in [2.75, 3.05) is 0 Å². The summed E-state index contributed by atoms with van der Waals surface area (Å²) in [4.78, 5) is 37.2. The molecule has 0 amide bonds. The highest BCUT2D eigenvalue weighted by Crippen LogP contribution is 2.17. The number of ketones is 1. The maximum Gasteiger partial charge on any atom is 0.337 e. The van der Waals surface area contributed by atoms with Crippen molar-refractivity contribution in [1.29, 1.82) is 0 Å². The van der Waals surface area contributed by atoms with Gasteiger partial charge < -0.3 is 15.2 Å². The van der Waals surface area contributed by atoms with Crippen molar-refractivity contribution in [3.63, 3.8) is 0 Å². The number of nitrogens with one attached hydrogen (secondary N) is 1. The summed E-state index contributed by atoms with van der Waals surface area (Å²) in [5.74, 6) is -2.57. The first kappa shape index (κ1) is 13.5. The first-order chi connectivity index (χ1) is 9.41. The van der Waals surface area contributed by atoms with Crippen LogP contribution in [-0.4, -0.2) is 21.8 Å². The normalized spacial score (nSPS) is 10.2. The predicted molar refractivity (Wildman–Crippen MR) is 68.1 cm³/mol. The lowest BCUT2D eigenvalue weighted by molar-refractivity contribution is -0.268. The molecule has 0 unspecified atom stereocenters. The molecule has 2 aromatic rings. The maximum atomic E-state index is 12.2. The number of carboxylic acid groups (broad SMARTS) is 1. The molecule has 6 heteroatoms. The Hall–Kier alpha value is -2.89. The van der Waals surface area contributed by atoms with Gasteiger partial charge in [-0.1, -0.05) is 30.0 Å². The van der Waals surface area contributed by atoms with Gasteiger partial charge in [0.25, 0.3) is 5.56 Å². The molecule has 0 saturated heterocycles. The number of rotatable bonds is 3. The lowest BCUT2D eigenvalue weighted by Crippen LogP contribution is -2.22. The van der Waals surface area contributed by atoms with E-state index in [2.05, 4.69) is 4.98 Å². The Morgan fingerprint density at radius 3 is 2.40 bits per heavy atom. The third-order valence-corrected chi connectivity index (χ3v) is 2.85. The van der Waals surface area contributed by atoms with Gasteiger partial charge in [0.1, 0.15) is 0 Å². The van der Waals surface area contributed by atoms with Crippen LogP contribution in [0.2, 0.25) is 0 Å². The molecule has 20 heavy (non-hydrogen) atoms. The lowest BCUT2D eigenvalue weighted by Gasteiger charge is -2.11. The number of para-hydroxylation sites is 1. The number of hydrogen-bond donors (Lipinski definition) is 2. The highest BCUT2D eigenvalue weighted by Gasteiger charge is 2.18. The third kappa shape index (κ3) is 2.31. The van der Waals surface area contributed by atoms with E-state index in [0.29, 0.717) is 0 Å². The third-order valence-electron chi connectivity index (χ3n) is 2.85. The fourth-order valence-electron chi connectivity index (χ4n) is 1.81.